The van der Waals surface area contributed by atoms with Gasteiger partial charge in [-0.2, -0.15) is 5.10 Å². The molecule has 0 aliphatic carbocycles. The van der Waals surface area contributed by atoms with Crippen LogP contribution in [0.25, 0.3) is 5.69 Å². The predicted octanol–water partition coefficient (Wildman–Crippen LogP) is 3.91. The molecular formula is C19H17ClN4O. The van der Waals surface area contributed by atoms with E-state index in [9.17, 15) is 4.79 Å². The van der Waals surface area contributed by atoms with Crippen molar-refractivity contribution in [3.63, 3.8) is 0 Å². The summed E-state index contributed by atoms with van der Waals surface area (Å²) in [4.78, 5) is 16.0. The third-order valence-electron chi connectivity index (χ3n) is 3.86. The Morgan fingerprint density at radius 2 is 1.96 bits per heavy atom. The number of hydrogen-bond acceptors (Lipinski definition) is 3. The van der Waals surface area contributed by atoms with Crippen LogP contribution in [-0.4, -0.2) is 21.7 Å². The van der Waals surface area contributed by atoms with Crippen LogP contribution < -0.4 is 5.43 Å². The molecule has 0 spiro atoms. The van der Waals surface area contributed by atoms with Gasteiger partial charge in [-0.1, -0.05) is 29.8 Å². The number of pyridine rings is 1. The maximum Gasteiger partial charge on any atom is 0.274 e. The van der Waals surface area contributed by atoms with Gasteiger partial charge in [0.1, 0.15) is 5.15 Å². The van der Waals surface area contributed by atoms with Crippen molar-refractivity contribution in [1.29, 1.82) is 0 Å². The van der Waals surface area contributed by atoms with Crippen LogP contribution in [0.5, 0.6) is 0 Å². The summed E-state index contributed by atoms with van der Waals surface area (Å²) in [5, 5.41) is 4.19. The van der Waals surface area contributed by atoms with Gasteiger partial charge in [0.2, 0.25) is 0 Å². The molecule has 0 aliphatic rings. The number of aryl methyl sites for hydroxylation is 1. The van der Waals surface area contributed by atoms with Gasteiger partial charge in [-0.3, -0.25) is 4.79 Å². The Balaban J connectivity index is 1.79. The number of aromatic nitrogens is 2. The number of carbonyl (C=O) groups is 1. The van der Waals surface area contributed by atoms with Gasteiger partial charge in [0.15, 0.2) is 0 Å². The molecule has 126 valence electrons. The highest BCUT2D eigenvalue weighted by Gasteiger charge is 2.11. The molecule has 5 nitrogen and oxygen atoms in total. The van der Waals surface area contributed by atoms with E-state index in [0.717, 1.165) is 22.6 Å². The van der Waals surface area contributed by atoms with Gasteiger partial charge in [-0.15, -0.1) is 0 Å². The number of benzene rings is 1. The van der Waals surface area contributed by atoms with Crippen LogP contribution in [-0.2, 0) is 0 Å². The van der Waals surface area contributed by atoms with Crippen LogP contribution in [0, 0.1) is 13.8 Å². The molecule has 0 bridgehead atoms. The standard InChI is InChI=1S/C19H17ClN4O/c1-13-11-15(14(2)24(13)16-7-4-3-5-8-16)12-22-23-19(25)17-9-6-10-21-18(17)20/h3-12H,1-2H3,(H,23,25). The van der Waals surface area contributed by atoms with E-state index in [4.69, 9.17) is 11.6 Å². The number of carbonyl (C=O) groups excluding carboxylic acids is 1. The highest BCUT2D eigenvalue weighted by atomic mass is 35.5. The van der Waals surface area contributed by atoms with E-state index in [1.807, 2.05) is 50.2 Å². The Bertz CT molecular complexity index is 932. The lowest BCUT2D eigenvalue weighted by Gasteiger charge is -2.08. The van der Waals surface area contributed by atoms with Crippen LogP contribution in [0.2, 0.25) is 5.15 Å². The fourth-order valence-electron chi connectivity index (χ4n) is 2.67. The Kier molecular flexibility index (Phi) is 4.95. The van der Waals surface area contributed by atoms with E-state index in [1.54, 1.807) is 18.3 Å². The third kappa shape index (κ3) is 3.61. The number of amides is 1. The zero-order valence-electron chi connectivity index (χ0n) is 13.9. The SMILES string of the molecule is Cc1cc(C=NNC(=O)c2cccnc2Cl)c(C)n1-c1ccccc1. The van der Waals surface area contributed by atoms with E-state index in [0.29, 0.717) is 0 Å². The molecule has 3 rings (SSSR count). The fourth-order valence-corrected chi connectivity index (χ4v) is 2.87. The molecule has 25 heavy (non-hydrogen) atoms. The lowest BCUT2D eigenvalue weighted by molar-refractivity contribution is 0.0955. The second-order valence-electron chi connectivity index (χ2n) is 5.54. The van der Waals surface area contributed by atoms with Gasteiger partial charge in [0.05, 0.1) is 11.8 Å². The lowest BCUT2D eigenvalue weighted by Crippen LogP contribution is -2.18. The number of nitrogens with one attached hydrogen (secondary N) is 1. The summed E-state index contributed by atoms with van der Waals surface area (Å²) in [5.74, 6) is -0.397. The van der Waals surface area contributed by atoms with Crippen LogP contribution >= 0.6 is 11.6 Å². The summed E-state index contributed by atoms with van der Waals surface area (Å²) < 4.78 is 2.14. The maximum absolute atomic E-state index is 12.1. The number of para-hydroxylation sites is 1. The first-order chi connectivity index (χ1) is 12.1. The first-order valence-corrected chi connectivity index (χ1v) is 8.14. The summed E-state index contributed by atoms with van der Waals surface area (Å²) in [5.41, 5.74) is 6.92. The number of halogens is 1. The number of hydrogen-bond donors (Lipinski definition) is 1. The molecule has 0 radical (unpaired) electrons. The Labute approximate surface area is 151 Å². The number of hydrazone groups is 1. The summed E-state index contributed by atoms with van der Waals surface area (Å²) in [7, 11) is 0. The van der Waals surface area contributed by atoms with Crippen molar-refractivity contribution in [1.82, 2.24) is 15.0 Å². The van der Waals surface area contributed by atoms with Crippen molar-refractivity contribution < 1.29 is 4.79 Å². The Morgan fingerprint density at radius 1 is 1.20 bits per heavy atom. The highest BCUT2D eigenvalue weighted by Crippen LogP contribution is 2.19. The van der Waals surface area contributed by atoms with E-state index in [1.165, 1.54) is 6.20 Å². The number of nitrogens with zero attached hydrogens (tertiary/aromatic N) is 3. The minimum Gasteiger partial charge on any atom is -0.318 e. The number of rotatable bonds is 4. The summed E-state index contributed by atoms with van der Waals surface area (Å²) in [6.45, 7) is 4.05. The van der Waals surface area contributed by atoms with Crippen LogP contribution in [0.1, 0.15) is 27.3 Å². The molecule has 0 unspecified atom stereocenters. The average molecular weight is 353 g/mol. The van der Waals surface area contributed by atoms with E-state index < -0.39 is 5.91 Å². The normalized spacial score (nSPS) is 11.0. The first kappa shape index (κ1) is 16.9. The highest BCUT2D eigenvalue weighted by molar-refractivity contribution is 6.32. The minimum atomic E-state index is -0.397. The molecule has 2 aromatic heterocycles. The molecule has 1 aromatic carbocycles. The maximum atomic E-state index is 12.1. The minimum absolute atomic E-state index is 0.150. The van der Waals surface area contributed by atoms with E-state index in [2.05, 4.69) is 20.1 Å². The lowest BCUT2D eigenvalue weighted by atomic mass is 10.2. The van der Waals surface area contributed by atoms with Crippen molar-refractivity contribution in [3.05, 3.63) is 82.4 Å². The predicted molar refractivity (Wildman–Crippen MR) is 99.6 cm³/mol. The van der Waals surface area contributed by atoms with Crippen LogP contribution in [0.3, 0.4) is 0 Å². The van der Waals surface area contributed by atoms with E-state index in [-0.39, 0.29) is 10.7 Å². The van der Waals surface area contributed by atoms with Crippen molar-refractivity contribution in [2.24, 2.45) is 5.10 Å². The van der Waals surface area contributed by atoms with Crippen LogP contribution in [0.4, 0.5) is 0 Å². The fraction of sp³-hybridized carbons (Fsp3) is 0.105. The zero-order chi connectivity index (χ0) is 17.8. The molecule has 6 heteroatoms. The molecule has 2 heterocycles. The van der Waals surface area contributed by atoms with Crippen molar-refractivity contribution in [3.8, 4) is 5.69 Å². The smallest absolute Gasteiger partial charge is 0.274 e. The molecule has 1 amide bonds. The van der Waals surface area contributed by atoms with Gasteiger partial charge < -0.3 is 4.57 Å². The molecule has 0 atom stereocenters. The van der Waals surface area contributed by atoms with Crippen LogP contribution in [0.15, 0.2) is 59.8 Å². The van der Waals surface area contributed by atoms with Crippen molar-refractivity contribution >= 4 is 23.7 Å². The zero-order valence-corrected chi connectivity index (χ0v) is 14.7. The van der Waals surface area contributed by atoms with Gasteiger partial charge in [0.25, 0.3) is 5.91 Å². The quantitative estimate of drug-likeness (QED) is 0.439. The molecular weight excluding hydrogens is 336 g/mol. The largest absolute Gasteiger partial charge is 0.318 e. The molecule has 0 saturated carbocycles. The third-order valence-corrected chi connectivity index (χ3v) is 4.16. The molecule has 1 N–H and O–H groups in total. The van der Waals surface area contributed by atoms with Gasteiger partial charge in [0, 0.05) is 28.8 Å². The second-order valence-corrected chi connectivity index (χ2v) is 5.90. The topological polar surface area (TPSA) is 59.3 Å². The van der Waals surface area contributed by atoms with Crippen molar-refractivity contribution in [2.45, 2.75) is 13.8 Å². The Hall–Kier alpha value is -2.92. The first-order valence-electron chi connectivity index (χ1n) is 7.76. The molecule has 0 saturated heterocycles. The van der Waals surface area contributed by atoms with Gasteiger partial charge >= 0.3 is 0 Å². The monoisotopic (exact) mass is 352 g/mol. The molecule has 0 fully saturated rings. The van der Waals surface area contributed by atoms with Gasteiger partial charge in [-0.05, 0) is 44.2 Å². The van der Waals surface area contributed by atoms with Gasteiger partial charge in [-0.25, -0.2) is 10.4 Å². The second kappa shape index (κ2) is 7.32. The molecule has 3 aromatic rings. The Morgan fingerprint density at radius 3 is 2.68 bits per heavy atom. The average Bonchev–Trinajstić information content (AvgIpc) is 2.89. The summed E-state index contributed by atoms with van der Waals surface area (Å²) in [6, 6.07) is 15.4. The molecule has 0 aliphatic heterocycles. The summed E-state index contributed by atoms with van der Waals surface area (Å²) in [6.07, 6.45) is 3.16. The summed E-state index contributed by atoms with van der Waals surface area (Å²) >= 11 is 5.91. The van der Waals surface area contributed by atoms with E-state index >= 15 is 0 Å². The van der Waals surface area contributed by atoms with Crippen molar-refractivity contribution in [2.75, 3.05) is 0 Å².